The first-order chi connectivity index (χ1) is 22.8. The Morgan fingerprint density at radius 1 is 0.304 bits per heavy atom. The average molecular weight is 583 g/mol. The van der Waals surface area contributed by atoms with E-state index >= 15 is 0 Å². The molecular formula is C44H26N2. The Kier molecular flexibility index (Phi) is 4.61. The molecule has 8 aromatic carbocycles. The van der Waals surface area contributed by atoms with Crippen molar-refractivity contribution in [3.8, 4) is 33.6 Å². The Morgan fingerprint density at radius 3 is 1.85 bits per heavy atom. The molecule has 1 aliphatic carbocycles. The zero-order chi connectivity index (χ0) is 29.9. The van der Waals surface area contributed by atoms with E-state index in [0.717, 1.165) is 0 Å². The summed E-state index contributed by atoms with van der Waals surface area (Å²) >= 11 is 0. The van der Waals surface area contributed by atoms with E-state index in [1.165, 1.54) is 98.8 Å². The Labute approximate surface area is 265 Å². The summed E-state index contributed by atoms with van der Waals surface area (Å²) < 4.78 is 4.89. The monoisotopic (exact) mass is 582 g/mol. The summed E-state index contributed by atoms with van der Waals surface area (Å²) in [7, 11) is 0. The quantitative estimate of drug-likeness (QED) is 0.192. The van der Waals surface area contributed by atoms with Gasteiger partial charge < -0.3 is 9.13 Å². The van der Waals surface area contributed by atoms with Gasteiger partial charge in [-0.1, -0.05) is 109 Å². The second-order valence-electron chi connectivity index (χ2n) is 12.5. The molecule has 0 fully saturated rings. The minimum absolute atomic E-state index is 1.17. The van der Waals surface area contributed by atoms with Crippen molar-refractivity contribution in [3.05, 3.63) is 158 Å². The van der Waals surface area contributed by atoms with E-state index in [0.29, 0.717) is 0 Å². The summed E-state index contributed by atoms with van der Waals surface area (Å²) in [5.41, 5.74) is 12.6. The fourth-order valence-corrected chi connectivity index (χ4v) is 8.39. The van der Waals surface area contributed by atoms with Gasteiger partial charge in [0.15, 0.2) is 0 Å². The lowest BCUT2D eigenvalue weighted by Crippen LogP contribution is -1.95. The van der Waals surface area contributed by atoms with Gasteiger partial charge in [0.25, 0.3) is 0 Å². The third-order valence-electron chi connectivity index (χ3n) is 10.2. The highest BCUT2D eigenvalue weighted by molar-refractivity contribution is 6.27. The molecule has 0 aliphatic heterocycles. The molecule has 2 heteroatoms. The first kappa shape index (κ1) is 24.2. The van der Waals surface area contributed by atoms with E-state index in [2.05, 4.69) is 167 Å². The van der Waals surface area contributed by atoms with Gasteiger partial charge in [-0.15, -0.1) is 0 Å². The fourth-order valence-electron chi connectivity index (χ4n) is 8.39. The van der Waals surface area contributed by atoms with Gasteiger partial charge in [0.1, 0.15) is 0 Å². The fraction of sp³-hybridized carbons (Fsp3) is 0. The van der Waals surface area contributed by atoms with E-state index in [1.807, 2.05) is 0 Å². The van der Waals surface area contributed by atoms with Crippen LogP contribution in [-0.4, -0.2) is 9.13 Å². The number of fused-ring (bicyclic) bond motifs is 12. The topological polar surface area (TPSA) is 9.86 Å². The highest BCUT2D eigenvalue weighted by atomic mass is 15.0. The van der Waals surface area contributed by atoms with Gasteiger partial charge in [-0.2, -0.15) is 0 Å². The van der Waals surface area contributed by atoms with Crippen LogP contribution in [0.15, 0.2) is 158 Å². The third kappa shape index (κ3) is 3.01. The molecule has 0 unspecified atom stereocenters. The molecule has 11 rings (SSSR count). The molecule has 212 valence electrons. The lowest BCUT2D eigenvalue weighted by molar-refractivity contribution is 1.17. The van der Waals surface area contributed by atoms with Gasteiger partial charge in [0.05, 0.1) is 22.1 Å². The zero-order valence-corrected chi connectivity index (χ0v) is 24.9. The molecule has 0 bridgehead atoms. The van der Waals surface area contributed by atoms with Crippen LogP contribution in [0.25, 0.3) is 98.8 Å². The lowest BCUT2D eigenvalue weighted by Gasteiger charge is -2.11. The van der Waals surface area contributed by atoms with Crippen molar-refractivity contribution in [2.24, 2.45) is 0 Å². The van der Waals surface area contributed by atoms with Gasteiger partial charge in [-0.25, -0.2) is 0 Å². The van der Waals surface area contributed by atoms with Crippen LogP contribution in [0.3, 0.4) is 0 Å². The van der Waals surface area contributed by atoms with Crippen molar-refractivity contribution < 1.29 is 0 Å². The summed E-state index contributed by atoms with van der Waals surface area (Å²) in [5, 5.41) is 10.4. The van der Waals surface area contributed by atoms with Crippen molar-refractivity contribution in [2.75, 3.05) is 0 Å². The summed E-state index contributed by atoms with van der Waals surface area (Å²) in [5.74, 6) is 0. The number of hydrogen-bond acceptors (Lipinski definition) is 0. The van der Waals surface area contributed by atoms with E-state index < -0.39 is 0 Å². The summed E-state index contributed by atoms with van der Waals surface area (Å²) in [4.78, 5) is 0. The second-order valence-corrected chi connectivity index (χ2v) is 12.5. The number of para-hydroxylation sites is 2. The highest BCUT2D eigenvalue weighted by Gasteiger charge is 2.26. The van der Waals surface area contributed by atoms with Gasteiger partial charge in [0.2, 0.25) is 0 Å². The molecule has 0 spiro atoms. The molecule has 1 aliphatic rings. The second kappa shape index (κ2) is 8.74. The molecule has 2 heterocycles. The van der Waals surface area contributed by atoms with Crippen LogP contribution in [0.1, 0.15) is 0 Å². The van der Waals surface area contributed by atoms with Crippen LogP contribution in [0.4, 0.5) is 0 Å². The molecule has 10 aromatic rings. The van der Waals surface area contributed by atoms with E-state index in [4.69, 9.17) is 0 Å². The predicted octanol–water partition coefficient (Wildman–Crippen LogP) is 11.8. The molecular weight excluding hydrogens is 556 g/mol. The van der Waals surface area contributed by atoms with Crippen molar-refractivity contribution in [3.63, 3.8) is 0 Å². The molecule has 0 N–H and O–H groups in total. The Morgan fingerprint density at radius 2 is 0.957 bits per heavy atom. The van der Waals surface area contributed by atoms with E-state index in [1.54, 1.807) is 0 Å². The molecule has 0 radical (unpaired) electrons. The molecule has 0 amide bonds. The summed E-state index contributed by atoms with van der Waals surface area (Å²) in [6.45, 7) is 0. The first-order valence-corrected chi connectivity index (χ1v) is 16.0. The van der Waals surface area contributed by atoms with E-state index in [-0.39, 0.29) is 0 Å². The molecule has 0 saturated heterocycles. The van der Waals surface area contributed by atoms with Crippen LogP contribution >= 0.6 is 0 Å². The average Bonchev–Trinajstić information content (AvgIpc) is 3.75. The molecule has 0 saturated carbocycles. The minimum atomic E-state index is 1.17. The van der Waals surface area contributed by atoms with Crippen LogP contribution in [0.5, 0.6) is 0 Å². The highest BCUT2D eigenvalue weighted by Crippen LogP contribution is 2.52. The number of aromatic nitrogens is 2. The largest absolute Gasteiger partial charge is 0.309 e. The normalized spacial score (nSPS) is 12.3. The van der Waals surface area contributed by atoms with Gasteiger partial charge in [-0.05, 0) is 86.8 Å². The molecule has 2 aromatic heterocycles. The number of rotatable bonds is 2. The lowest BCUT2D eigenvalue weighted by atomic mass is 9.98. The summed E-state index contributed by atoms with van der Waals surface area (Å²) in [6, 6.07) is 58.1. The third-order valence-corrected chi connectivity index (χ3v) is 10.2. The van der Waals surface area contributed by atoms with Crippen LogP contribution in [-0.2, 0) is 0 Å². The number of nitrogens with zero attached hydrogens (tertiary/aromatic N) is 2. The number of hydrogen-bond donors (Lipinski definition) is 0. The van der Waals surface area contributed by atoms with Gasteiger partial charge >= 0.3 is 0 Å². The van der Waals surface area contributed by atoms with Gasteiger partial charge in [0, 0.05) is 38.5 Å². The zero-order valence-electron chi connectivity index (χ0n) is 24.9. The maximum Gasteiger partial charge on any atom is 0.0547 e. The van der Waals surface area contributed by atoms with Crippen LogP contribution in [0.2, 0.25) is 0 Å². The van der Waals surface area contributed by atoms with E-state index in [9.17, 15) is 0 Å². The maximum absolute atomic E-state index is 2.48. The Hall–Kier alpha value is -6.12. The van der Waals surface area contributed by atoms with Crippen molar-refractivity contribution in [1.29, 1.82) is 0 Å². The first-order valence-electron chi connectivity index (χ1n) is 16.0. The van der Waals surface area contributed by atoms with Crippen molar-refractivity contribution in [2.45, 2.75) is 0 Å². The standard InChI is InChI=1S/C44H26N2/c1-2-13-29(14-3-1)45-38-24-21-30(26-36(38)42-31-15-5-4-10-27(31)20-23-39(42)45)46-37-19-7-6-16-34(37)44-40(46)25-22-33-32-17-8-11-28-12-9-18-35(41(28)32)43(33)44/h1-26H. The maximum atomic E-state index is 2.48. The Balaban J connectivity index is 1.27. The predicted molar refractivity (Wildman–Crippen MR) is 195 cm³/mol. The smallest absolute Gasteiger partial charge is 0.0547 e. The van der Waals surface area contributed by atoms with Crippen molar-refractivity contribution >= 4 is 65.2 Å². The Bertz CT molecular complexity index is 2900. The minimum Gasteiger partial charge on any atom is -0.309 e. The van der Waals surface area contributed by atoms with Gasteiger partial charge in [-0.3, -0.25) is 0 Å². The number of benzene rings is 8. The SMILES string of the molecule is c1ccc(-n2c3ccc(-n4c5ccccc5c5c6c(ccc54)-c4cccc5cccc-6c45)cc3c3c4ccccc4ccc32)cc1. The molecule has 2 nitrogen and oxygen atoms in total. The van der Waals surface area contributed by atoms with Crippen LogP contribution in [0, 0.1) is 0 Å². The summed E-state index contributed by atoms with van der Waals surface area (Å²) in [6.07, 6.45) is 0. The molecule has 0 atom stereocenters. The van der Waals surface area contributed by atoms with Crippen molar-refractivity contribution in [1.82, 2.24) is 9.13 Å². The molecule has 46 heavy (non-hydrogen) atoms. The van der Waals surface area contributed by atoms with Crippen LogP contribution < -0.4 is 0 Å².